The first-order chi connectivity index (χ1) is 11.5. The van der Waals surface area contributed by atoms with Crippen LogP contribution in [0, 0.1) is 6.92 Å². The normalized spacial score (nSPS) is 10.3. The maximum absolute atomic E-state index is 12.7. The zero-order valence-electron chi connectivity index (χ0n) is 14.5. The molecule has 0 bridgehead atoms. The maximum atomic E-state index is 12.7. The van der Waals surface area contributed by atoms with Crippen LogP contribution in [0.5, 0.6) is 0 Å². The number of carbonyl (C=O) groups excluding carboxylic acids is 2. The summed E-state index contributed by atoms with van der Waals surface area (Å²) >= 11 is 0. The number of carbonyl (C=O) groups is 2. The minimum atomic E-state index is -0.104. The van der Waals surface area contributed by atoms with Crippen LogP contribution >= 0.6 is 0 Å². The Hall–Kier alpha value is -2.62. The molecule has 2 rings (SSSR count). The van der Waals surface area contributed by atoms with Crippen LogP contribution in [0.4, 0.5) is 5.69 Å². The molecular weight excluding hydrogens is 300 g/mol. The molecule has 2 aromatic carbocycles. The van der Waals surface area contributed by atoms with E-state index in [1.807, 2.05) is 68.4 Å². The van der Waals surface area contributed by atoms with Crippen LogP contribution in [-0.4, -0.2) is 29.8 Å². The van der Waals surface area contributed by atoms with Crippen molar-refractivity contribution < 1.29 is 9.59 Å². The van der Waals surface area contributed by atoms with Crippen LogP contribution in [0.1, 0.15) is 25.0 Å². The Labute approximate surface area is 143 Å². The summed E-state index contributed by atoms with van der Waals surface area (Å²) in [6.45, 7) is 6.52. The SMILES string of the molecule is CCN(C(=O)CN(Cc1ccccc1)C(C)=O)c1cccc(C)c1. The summed E-state index contributed by atoms with van der Waals surface area (Å²) < 4.78 is 0. The van der Waals surface area contributed by atoms with Crippen LogP contribution in [0.25, 0.3) is 0 Å². The van der Waals surface area contributed by atoms with E-state index in [2.05, 4.69) is 0 Å². The second-order valence-corrected chi connectivity index (χ2v) is 5.84. The predicted molar refractivity (Wildman–Crippen MR) is 96.7 cm³/mol. The first-order valence-corrected chi connectivity index (χ1v) is 8.17. The van der Waals surface area contributed by atoms with Crippen molar-refractivity contribution >= 4 is 17.5 Å². The molecule has 0 heterocycles. The van der Waals surface area contributed by atoms with Crippen LogP contribution < -0.4 is 4.90 Å². The summed E-state index contributed by atoms with van der Waals surface area (Å²) in [7, 11) is 0. The van der Waals surface area contributed by atoms with Crippen molar-refractivity contribution in [3.63, 3.8) is 0 Å². The van der Waals surface area contributed by atoms with E-state index in [0.29, 0.717) is 13.1 Å². The van der Waals surface area contributed by atoms with Gasteiger partial charge in [0.15, 0.2) is 0 Å². The van der Waals surface area contributed by atoms with Crippen LogP contribution in [0.2, 0.25) is 0 Å². The third-order valence-electron chi connectivity index (χ3n) is 3.92. The average molecular weight is 324 g/mol. The van der Waals surface area contributed by atoms with Gasteiger partial charge in [0.2, 0.25) is 11.8 Å². The summed E-state index contributed by atoms with van der Waals surface area (Å²) in [5.74, 6) is -0.179. The van der Waals surface area contributed by atoms with E-state index in [0.717, 1.165) is 16.8 Å². The van der Waals surface area contributed by atoms with Crippen molar-refractivity contribution in [1.29, 1.82) is 0 Å². The van der Waals surface area contributed by atoms with Gasteiger partial charge in [-0.05, 0) is 37.1 Å². The number of rotatable bonds is 6. The van der Waals surface area contributed by atoms with Gasteiger partial charge >= 0.3 is 0 Å². The Morgan fingerprint density at radius 2 is 1.71 bits per heavy atom. The molecule has 2 aromatic rings. The third-order valence-corrected chi connectivity index (χ3v) is 3.92. The van der Waals surface area contributed by atoms with Crippen molar-refractivity contribution in [2.45, 2.75) is 27.3 Å². The van der Waals surface area contributed by atoms with E-state index >= 15 is 0 Å². The molecule has 0 saturated heterocycles. The van der Waals surface area contributed by atoms with Crippen molar-refractivity contribution in [1.82, 2.24) is 4.90 Å². The Morgan fingerprint density at radius 1 is 1.00 bits per heavy atom. The van der Waals surface area contributed by atoms with Crippen molar-refractivity contribution in [2.75, 3.05) is 18.0 Å². The quantitative estimate of drug-likeness (QED) is 0.817. The molecule has 0 saturated carbocycles. The minimum absolute atomic E-state index is 0.0748. The molecule has 0 aliphatic heterocycles. The van der Waals surface area contributed by atoms with Gasteiger partial charge in [0.1, 0.15) is 6.54 Å². The number of likely N-dealkylation sites (N-methyl/N-ethyl adjacent to an activating group) is 1. The molecule has 0 aliphatic rings. The Morgan fingerprint density at radius 3 is 2.29 bits per heavy atom. The molecule has 0 N–H and O–H groups in total. The largest absolute Gasteiger partial charge is 0.329 e. The van der Waals surface area contributed by atoms with Gasteiger partial charge < -0.3 is 9.80 Å². The zero-order chi connectivity index (χ0) is 17.5. The van der Waals surface area contributed by atoms with E-state index in [4.69, 9.17) is 0 Å². The molecule has 0 unspecified atom stereocenters. The second kappa shape index (κ2) is 8.29. The lowest BCUT2D eigenvalue weighted by atomic mass is 10.2. The number of nitrogens with zero attached hydrogens (tertiary/aromatic N) is 2. The first kappa shape index (κ1) is 17.7. The minimum Gasteiger partial charge on any atom is -0.329 e. The molecule has 126 valence electrons. The fourth-order valence-corrected chi connectivity index (χ4v) is 2.63. The molecule has 0 aliphatic carbocycles. The molecule has 0 aromatic heterocycles. The fraction of sp³-hybridized carbons (Fsp3) is 0.300. The Bertz CT molecular complexity index is 698. The highest BCUT2D eigenvalue weighted by Gasteiger charge is 2.19. The molecule has 0 atom stereocenters. The smallest absolute Gasteiger partial charge is 0.246 e. The van der Waals surface area contributed by atoms with Gasteiger partial charge in [-0.25, -0.2) is 0 Å². The second-order valence-electron chi connectivity index (χ2n) is 5.84. The number of anilines is 1. The highest BCUT2D eigenvalue weighted by Crippen LogP contribution is 2.16. The summed E-state index contributed by atoms with van der Waals surface area (Å²) in [6, 6.07) is 17.5. The van der Waals surface area contributed by atoms with Crippen molar-refractivity contribution in [3.8, 4) is 0 Å². The number of hydrogen-bond donors (Lipinski definition) is 0. The van der Waals surface area contributed by atoms with Gasteiger partial charge in [-0.3, -0.25) is 9.59 Å². The van der Waals surface area contributed by atoms with Gasteiger partial charge in [-0.15, -0.1) is 0 Å². The molecule has 4 heteroatoms. The fourth-order valence-electron chi connectivity index (χ4n) is 2.63. The van der Waals surface area contributed by atoms with E-state index in [1.165, 1.54) is 6.92 Å². The molecule has 0 fully saturated rings. The molecular formula is C20H24N2O2. The maximum Gasteiger partial charge on any atom is 0.246 e. The number of benzene rings is 2. The van der Waals surface area contributed by atoms with Crippen LogP contribution in [0.3, 0.4) is 0 Å². The van der Waals surface area contributed by atoms with Crippen LogP contribution in [-0.2, 0) is 16.1 Å². The number of hydrogen-bond acceptors (Lipinski definition) is 2. The van der Waals surface area contributed by atoms with Crippen molar-refractivity contribution in [3.05, 3.63) is 65.7 Å². The molecule has 2 amide bonds. The summed E-state index contributed by atoms with van der Waals surface area (Å²) in [5, 5.41) is 0. The zero-order valence-corrected chi connectivity index (χ0v) is 14.5. The summed E-state index contributed by atoms with van der Waals surface area (Å²) in [6.07, 6.45) is 0. The van der Waals surface area contributed by atoms with Gasteiger partial charge in [-0.2, -0.15) is 0 Å². The van der Waals surface area contributed by atoms with Gasteiger partial charge in [-0.1, -0.05) is 42.5 Å². The van der Waals surface area contributed by atoms with E-state index in [-0.39, 0.29) is 18.4 Å². The lowest BCUT2D eigenvalue weighted by molar-refractivity contribution is -0.134. The Balaban J connectivity index is 2.12. The van der Waals surface area contributed by atoms with Gasteiger partial charge in [0, 0.05) is 25.7 Å². The predicted octanol–water partition coefficient (Wildman–Crippen LogP) is 3.40. The summed E-state index contributed by atoms with van der Waals surface area (Å²) in [4.78, 5) is 28.0. The molecule has 0 spiro atoms. The van der Waals surface area contributed by atoms with Crippen LogP contribution in [0.15, 0.2) is 54.6 Å². The average Bonchev–Trinajstić information content (AvgIpc) is 2.56. The van der Waals surface area contributed by atoms with E-state index in [1.54, 1.807) is 9.80 Å². The lowest BCUT2D eigenvalue weighted by Gasteiger charge is -2.26. The molecule has 24 heavy (non-hydrogen) atoms. The highest BCUT2D eigenvalue weighted by molar-refractivity contribution is 5.96. The highest BCUT2D eigenvalue weighted by atomic mass is 16.2. The lowest BCUT2D eigenvalue weighted by Crippen LogP contribution is -2.42. The first-order valence-electron chi connectivity index (χ1n) is 8.17. The third kappa shape index (κ3) is 4.69. The molecule has 4 nitrogen and oxygen atoms in total. The standard InChI is InChI=1S/C20H24N2O2/c1-4-22(19-12-8-9-16(2)13-19)20(24)15-21(17(3)23)14-18-10-6-5-7-11-18/h5-13H,4,14-15H2,1-3H3. The topological polar surface area (TPSA) is 40.6 Å². The molecule has 0 radical (unpaired) electrons. The van der Waals surface area contributed by atoms with Gasteiger partial charge in [0.05, 0.1) is 0 Å². The number of aryl methyl sites for hydroxylation is 1. The van der Waals surface area contributed by atoms with Crippen molar-refractivity contribution in [2.24, 2.45) is 0 Å². The summed E-state index contributed by atoms with van der Waals surface area (Å²) in [5.41, 5.74) is 2.98. The van der Waals surface area contributed by atoms with Gasteiger partial charge in [0.25, 0.3) is 0 Å². The monoisotopic (exact) mass is 324 g/mol. The van der Waals surface area contributed by atoms with E-state index in [9.17, 15) is 9.59 Å². The van der Waals surface area contributed by atoms with E-state index < -0.39 is 0 Å². The Kier molecular flexibility index (Phi) is 6.13. The number of amides is 2.